The number of carbonyl (C=O) groups excluding carboxylic acids is 1. The topological polar surface area (TPSA) is 90.5 Å². The minimum atomic E-state index is -1.28. The van der Waals surface area contributed by atoms with Gasteiger partial charge in [-0.1, -0.05) is 54.6 Å². The molecule has 3 aromatic carbocycles. The van der Waals surface area contributed by atoms with Crippen molar-refractivity contribution in [2.45, 2.75) is 12.5 Å². The van der Waals surface area contributed by atoms with Crippen LogP contribution in [-0.4, -0.2) is 26.7 Å². The summed E-state index contributed by atoms with van der Waals surface area (Å²) in [6, 6.07) is 27.1. The molecule has 7 rings (SSSR count). The van der Waals surface area contributed by atoms with E-state index in [1.54, 1.807) is 14.7 Å². The number of nitrogens with zero attached hydrogens (tertiary/aromatic N) is 7. The van der Waals surface area contributed by atoms with Crippen LogP contribution in [0.15, 0.2) is 100 Å². The van der Waals surface area contributed by atoms with E-state index in [0.717, 1.165) is 22.6 Å². The summed E-state index contributed by atoms with van der Waals surface area (Å²) in [5.41, 5.74) is 3.27. The molecule has 34 heavy (non-hydrogen) atoms. The van der Waals surface area contributed by atoms with Crippen LogP contribution in [0.2, 0.25) is 0 Å². The van der Waals surface area contributed by atoms with E-state index in [9.17, 15) is 4.79 Å². The van der Waals surface area contributed by atoms with Crippen molar-refractivity contribution in [3.05, 3.63) is 102 Å². The highest BCUT2D eigenvalue weighted by atomic mass is 16.2. The van der Waals surface area contributed by atoms with Gasteiger partial charge in [0.15, 0.2) is 5.82 Å². The van der Waals surface area contributed by atoms with Gasteiger partial charge in [0.05, 0.1) is 22.6 Å². The van der Waals surface area contributed by atoms with Gasteiger partial charge in [-0.25, -0.2) is 4.68 Å². The molecule has 164 valence electrons. The molecule has 9 nitrogen and oxygen atoms in total. The fourth-order valence-electron chi connectivity index (χ4n) is 4.99. The summed E-state index contributed by atoms with van der Waals surface area (Å²) in [6.07, 6.45) is 0. The summed E-state index contributed by atoms with van der Waals surface area (Å²) in [6.45, 7) is 1.90. The van der Waals surface area contributed by atoms with Crippen molar-refractivity contribution >= 4 is 29.1 Å². The molecule has 3 aliphatic heterocycles. The average molecular weight is 446 g/mol. The molecular formula is C25H18N8O. The number of fused-ring (bicyclic) bond motifs is 6. The van der Waals surface area contributed by atoms with Crippen molar-refractivity contribution in [3.63, 3.8) is 0 Å². The Hall–Kier alpha value is -4.79. The van der Waals surface area contributed by atoms with E-state index in [1.165, 1.54) is 0 Å². The maximum atomic E-state index is 13.9. The Morgan fingerprint density at radius 1 is 0.824 bits per heavy atom. The van der Waals surface area contributed by atoms with E-state index in [0.29, 0.717) is 23.0 Å². The van der Waals surface area contributed by atoms with Gasteiger partial charge in [-0.3, -0.25) is 4.79 Å². The molecular weight excluding hydrogens is 428 g/mol. The van der Waals surface area contributed by atoms with Crippen molar-refractivity contribution < 1.29 is 4.79 Å². The molecule has 9 heteroatoms. The van der Waals surface area contributed by atoms with E-state index >= 15 is 0 Å². The number of nitrogens with one attached hydrogen (secondary N) is 1. The number of anilines is 2. The van der Waals surface area contributed by atoms with Crippen LogP contribution in [0.25, 0.3) is 5.69 Å². The number of carbonyl (C=O) groups is 1. The van der Waals surface area contributed by atoms with E-state index in [1.807, 2.05) is 91.9 Å². The van der Waals surface area contributed by atoms with Gasteiger partial charge in [0.2, 0.25) is 5.54 Å². The van der Waals surface area contributed by atoms with E-state index < -0.39 is 5.54 Å². The Morgan fingerprint density at radius 3 is 2.26 bits per heavy atom. The number of amides is 1. The van der Waals surface area contributed by atoms with Crippen molar-refractivity contribution in [2.75, 3.05) is 10.3 Å². The maximum Gasteiger partial charge on any atom is 0.262 e. The van der Waals surface area contributed by atoms with Crippen LogP contribution in [0.4, 0.5) is 17.2 Å². The first kappa shape index (κ1) is 18.8. The van der Waals surface area contributed by atoms with Crippen LogP contribution in [-0.2, 0) is 10.3 Å². The molecule has 0 saturated heterocycles. The zero-order valence-corrected chi connectivity index (χ0v) is 18.1. The highest BCUT2D eigenvalue weighted by Crippen LogP contribution is 2.53. The molecule has 1 atom stereocenters. The Labute approximate surface area is 194 Å². The lowest BCUT2D eigenvalue weighted by molar-refractivity contribution is -0.123. The molecule has 3 aliphatic rings. The van der Waals surface area contributed by atoms with Gasteiger partial charge in [-0.15, -0.1) is 0 Å². The maximum absolute atomic E-state index is 13.9. The predicted octanol–water partition coefficient (Wildman–Crippen LogP) is 4.48. The molecule has 1 spiro atoms. The molecule has 1 N–H and O–H groups in total. The predicted molar refractivity (Wildman–Crippen MR) is 127 cm³/mol. The summed E-state index contributed by atoms with van der Waals surface area (Å²) < 4.78 is 1.78. The second kappa shape index (κ2) is 6.61. The minimum Gasteiger partial charge on any atom is -0.323 e. The summed E-state index contributed by atoms with van der Waals surface area (Å²) in [5, 5.41) is 20.0. The minimum absolute atomic E-state index is 0.216. The fourth-order valence-corrected chi connectivity index (χ4v) is 4.99. The fraction of sp³-hybridized carbons (Fsp3) is 0.0800. The van der Waals surface area contributed by atoms with Crippen LogP contribution in [0.5, 0.6) is 0 Å². The molecule has 0 fully saturated rings. The van der Waals surface area contributed by atoms with Crippen LogP contribution in [0.3, 0.4) is 0 Å². The molecule has 0 bridgehead atoms. The molecule has 1 amide bonds. The molecule has 4 aromatic rings. The van der Waals surface area contributed by atoms with Gasteiger partial charge in [0.1, 0.15) is 0 Å². The lowest BCUT2D eigenvalue weighted by Crippen LogP contribution is -2.54. The van der Waals surface area contributed by atoms with Crippen molar-refractivity contribution in [2.24, 2.45) is 15.4 Å². The molecule has 1 unspecified atom stereocenters. The average Bonchev–Trinajstić information content (AvgIpc) is 3.54. The Bertz CT molecular complexity index is 1530. The number of rotatable bonds is 2. The monoisotopic (exact) mass is 446 g/mol. The largest absolute Gasteiger partial charge is 0.323 e. The molecule has 0 radical (unpaired) electrons. The SMILES string of the molecule is Cc1nn(-c2ccccc2)c2c1C1(C(=O)Nc3ccccc31)N1N=NN(c3ccccc3)C1=N2. The number of aliphatic imine (C=N–C) groups is 1. The zero-order chi connectivity index (χ0) is 22.9. The van der Waals surface area contributed by atoms with Gasteiger partial charge in [0, 0.05) is 11.3 Å². The van der Waals surface area contributed by atoms with Crippen LogP contribution >= 0.6 is 0 Å². The van der Waals surface area contributed by atoms with Crippen molar-refractivity contribution in [1.82, 2.24) is 14.8 Å². The van der Waals surface area contributed by atoms with Crippen molar-refractivity contribution in [3.8, 4) is 5.69 Å². The van der Waals surface area contributed by atoms with E-state index in [2.05, 4.69) is 15.8 Å². The number of guanidine groups is 1. The Kier molecular flexibility index (Phi) is 3.65. The second-order valence-electron chi connectivity index (χ2n) is 8.29. The number of aryl methyl sites for hydroxylation is 1. The summed E-state index contributed by atoms with van der Waals surface area (Å²) in [4.78, 5) is 18.9. The number of hydrogen-bond acceptors (Lipinski definition) is 7. The lowest BCUT2D eigenvalue weighted by atomic mass is 9.82. The van der Waals surface area contributed by atoms with Crippen LogP contribution < -0.4 is 10.3 Å². The third kappa shape index (κ3) is 2.25. The Balaban J connectivity index is 1.56. The number of benzene rings is 3. The molecule has 0 saturated carbocycles. The first-order chi connectivity index (χ1) is 16.7. The molecule has 4 heterocycles. The number of aromatic nitrogens is 2. The van der Waals surface area contributed by atoms with Crippen LogP contribution in [0, 0.1) is 6.92 Å². The highest BCUT2D eigenvalue weighted by molar-refractivity contribution is 6.14. The van der Waals surface area contributed by atoms with Gasteiger partial charge >= 0.3 is 0 Å². The standard InChI is InChI=1S/C25H18N8O/c1-16-21-22(31(28-16)17-10-4-2-5-11-17)27-24-32(18-12-6-3-7-13-18)29-30-33(24)25(21)19-14-8-9-15-20(19)26-23(25)34/h2-15H,1H3,(H,26,34). The van der Waals surface area contributed by atoms with E-state index in [4.69, 9.17) is 10.1 Å². The first-order valence-electron chi connectivity index (χ1n) is 10.9. The Morgan fingerprint density at radius 2 is 1.50 bits per heavy atom. The van der Waals surface area contributed by atoms with Gasteiger partial charge in [-0.05, 0) is 47.7 Å². The summed E-state index contributed by atoms with van der Waals surface area (Å²) >= 11 is 0. The number of para-hydroxylation sites is 3. The van der Waals surface area contributed by atoms with E-state index in [-0.39, 0.29) is 5.91 Å². The lowest BCUT2D eigenvalue weighted by Gasteiger charge is -2.37. The first-order valence-corrected chi connectivity index (χ1v) is 10.9. The third-order valence-electron chi connectivity index (χ3n) is 6.41. The highest BCUT2D eigenvalue weighted by Gasteiger charge is 2.62. The zero-order valence-electron chi connectivity index (χ0n) is 18.1. The van der Waals surface area contributed by atoms with Gasteiger partial charge in [0.25, 0.3) is 11.9 Å². The third-order valence-corrected chi connectivity index (χ3v) is 6.41. The van der Waals surface area contributed by atoms with Crippen molar-refractivity contribution in [1.29, 1.82) is 0 Å². The van der Waals surface area contributed by atoms with Crippen LogP contribution in [0.1, 0.15) is 16.8 Å². The quantitative estimate of drug-likeness (QED) is 0.492. The smallest absolute Gasteiger partial charge is 0.262 e. The summed E-state index contributed by atoms with van der Waals surface area (Å²) in [7, 11) is 0. The van der Waals surface area contributed by atoms with Gasteiger partial charge in [-0.2, -0.15) is 20.1 Å². The second-order valence-corrected chi connectivity index (χ2v) is 8.29. The molecule has 1 aromatic heterocycles. The normalized spacial score (nSPS) is 19.7. The van der Waals surface area contributed by atoms with Gasteiger partial charge < -0.3 is 5.32 Å². The molecule has 0 aliphatic carbocycles. The number of hydrogen-bond donors (Lipinski definition) is 1. The summed E-state index contributed by atoms with van der Waals surface area (Å²) in [5.74, 6) is 0.796.